The molecule has 0 spiro atoms. The SMILES string of the molecule is COc1cc(CC(=O)N2CC(CN)CC2C)ccc1C.Cl. The van der Waals surface area contributed by atoms with Crippen molar-refractivity contribution in [1.29, 1.82) is 0 Å². The van der Waals surface area contributed by atoms with Crippen molar-refractivity contribution in [2.45, 2.75) is 32.7 Å². The van der Waals surface area contributed by atoms with Crippen LogP contribution in [0.15, 0.2) is 18.2 Å². The zero-order valence-electron chi connectivity index (χ0n) is 13.0. The summed E-state index contributed by atoms with van der Waals surface area (Å²) in [6, 6.07) is 6.24. The third kappa shape index (κ3) is 4.11. The van der Waals surface area contributed by atoms with Crippen LogP contribution >= 0.6 is 12.4 Å². The Balaban J connectivity index is 0.00000220. The lowest BCUT2D eigenvalue weighted by Gasteiger charge is -2.21. The average Bonchev–Trinajstić information content (AvgIpc) is 2.82. The van der Waals surface area contributed by atoms with E-state index in [4.69, 9.17) is 10.5 Å². The fourth-order valence-electron chi connectivity index (χ4n) is 2.91. The quantitative estimate of drug-likeness (QED) is 0.927. The molecule has 118 valence electrons. The smallest absolute Gasteiger partial charge is 0.227 e. The molecule has 1 aromatic carbocycles. The van der Waals surface area contributed by atoms with Gasteiger partial charge in [-0.1, -0.05) is 12.1 Å². The molecule has 2 unspecified atom stereocenters. The number of aryl methyl sites for hydroxylation is 1. The summed E-state index contributed by atoms with van der Waals surface area (Å²) < 4.78 is 5.31. The van der Waals surface area contributed by atoms with Gasteiger partial charge >= 0.3 is 0 Å². The molecule has 0 aliphatic carbocycles. The monoisotopic (exact) mass is 312 g/mol. The molecule has 2 N–H and O–H groups in total. The number of nitrogens with two attached hydrogens (primary N) is 1. The molecule has 0 bridgehead atoms. The van der Waals surface area contributed by atoms with Gasteiger partial charge in [-0.05, 0) is 49.9 Å². The van der Waals surface area contributed by atoms with E-state index in [1.54, 1.807) is 7.11 Å². The number of likely N-dealkylation sites (tertiary alicyclic amines) is 1. The van der Waals surface area contributed by atoms with Crippen molar-refractivity contribution in [3.63, 3.8) is 0 Å². The lowest BCUT2D eigenvalue weighted by molar-refractivity contribution is -0.131. The Morgan fingerprint density at radius 2 is 2.19 bits per heavy atom. The predicted octanol–water partition coefficient (Wildman–Crippen LogP) is 2.16. The summed E-state index contributed by atoms with van der Waals surface area (Å²) >= 11 is 0. The van der Waals surface area contributed by atoms with Crippen molar-refractivity contribution in [3.05, 3.63) is 29.3 Å². The lowest BCUT2D eigenvalue weighted by Crippen LogP contribution is -2.35. The standard InChI is InChI=1S/C16H24N2O2.ClH/c1-11-4-5-13(7-15(11)20-3)8-16(19)18-10-14(9-17)6-12(18)2;/h4-5,7,12,14H,6,8-10,17H2,1-3H3;1H. The van der Waals surface area contributed by atoms with Gasteiger partial charge in [0.25, 0.3) is 0 Å². The first-order chi connectivity index (χ1) is 9.55. The summed E-state index contributed by atoms with van der Waals surface area (Å²) in [6.07, 6.45) is 1.44. The number of ether oxygens (including phenoxy) is 1. The second-order valence-electron chi connectivity index (χ2n) is 5.71. The van der Waals surface area contributed by atoms with Gasteiger partial charge in [-0.3, -0.25) is 4.79 Å². The van der Waals surface area contributed by atoms with Gasteiger partial charge in [0.2, 0.25) is 5.91 Å². The van der Waals surface area contributed by atoms with Crippen molar-refractivity contribution in [2.24, 2.45) is 11.7 Å². The second kappa shape index (κ2) is 7.66. The molecule has 0 saturated carbocycles. The van der Waals surface area contributed by atoms with E-state index in [0.717, 1.165) is 29.8 Å². The van der Waals surface area contributed by atoms with Gasteiger partial charge in [-0.15, -0.1) is 12.4 Å². The number of benzene rings is 1. The van der Waals surface area contributed by atoms with Crippen LogP contribution in [0.5, 0.6) is 5.75 Å². The van der Waals surface area contributed by atoms with Crippen molar-refractivity contribution < 1.29 is 9.53 Å². The molecular formula is C16H25ClN2O2. The van der Waals surface area contributed by atoms with Crippen LogP contribution in [0.3, 0.4) is 0 Å². The summed E-state index contributed by atoms with van der Waals surface area (Å²) in [4.78, 5) is 14.4. The van der Waals surface area contributed by atoms with Crippen LogP contribution in [-0.2, 0) is 11.2 Å². The van der Waals surface area contributed by atoms with E-state index in [0.29, 0.717) is 24.9 Å². The van der Waals surface area contributed by atoms with Gasteiger partial charge in [0, 0.05) is 12.6 Å². The third-order valence-electron chi connectivity index (χ3n) is 4.14. The van der Waals surface area contributed by atoms with Gasteiger partial charge in [-0.2, -0.15) is 0 Å². The zero-order chi connectivity index (χ0) is 14.7. The fourth-order valence-corrected chi connectivity index (χ4v) is 2.91. The molecule has 1 aliphatic heterocycles. The van der Waals surface area contributed by atoms with Gasteiger partial charge in [0.1, 0.15) is 5.75 Å². The van der Waals surface area contributed by atoms with Crippen LogP contribution in [0.1, 0.15) is 24.5 Å². The highest BCUT2D eigenvalue weighted by Crippen LogP contribution is 2.24. The summed E-state index contributed by atoms with van der Waals surface area (Å²) in [5.74, 6) is 1.46. The van der Waals surface area contributed by atoms with Gasteiger partial charge in [-0.25, -0.2) is 0 Å². The Bertz CT molecular complexity index is 493. The maximum absolute atomic E-state index is 12.4. The van der Waals surface area contributed by atoms with Crippen LogP contribution in [0.2, 0.25) is 0 Å². The van der Waals surface area contributed by atoms with Gasteiger partial charge < -0.3 is 15.4 Å². The van der Waals surface area contributed by atoms with Crippen molar-refractivity contribution >= 4 is 18.3 Å². The number of nitrogens with zero attached hydrogens (tertiary/aromatic N) is 1. The fraction of sp³-hybridized carbons (Fsp3) is 0.562. The molecule has 2 rings (SSSR count). The topological polar surface area (TPSA) is 55.6 Å². The number of hydrogen-bond donors (Lipinski definition) is 1. The van der Waals surface area contributed by atoms with Crippen LogP contribution in [0.4, 0.5) is 0 Å². The first-order valence-electron chi connectivity index (χ1n) is 7.18. The largest absolute Gasteiger partial charge is 0.496 e. The minimum atomic E-state index is 0. The van der Waals surface area contributed by atoms with E-state index in [1.165, 1.54) is 0 Å². The van der Waals surface area contributed by atoms with Gasteiger partial charge in [0.15, 0.2) is 0 Å². The number of carbonyl (C=O) groups is 1. The van der Waals surface area contributed by atoms with Crippen LogP contribution < -0.4 is 10.5 Å². The number of hydrogen-bond acceptors (Lipinski definition) is 3. The van der Waals surface area contributed by atoms with Crippen molar-refractivity contribution in [3.8, 4) is 5.75 Å². The molecule has 2 atom stereocenters. The number of halogens is 1. The Kier molecular flexibility index (Phi) is 6.49. The molecule has 0 radical (unpaired) electrons. The molecule has 1 aliphatic rings. The zero-order valence-corrected chi connectivity index (χ0v) is 13.8. The van der Waals surface area contributed by atoms with Crippen molar-refractivity contribution in [1.82, 2.24) is 4.90 Å². The van der Waals surface area contributed by atoms with E-state index in [1.807, 2.05) is 30.0 Å². The highest BCUT2D eigenvalue weighted by atomic mass is 35.5. The number of carbonyl (C=O) groups excluding carboxylic acids is 1. The Morgan fingerprint density at radius 1 is 1.48 bits per heavy atom. The second-order valence-corrected chi connectivity index (χ2v) is 5.71. The molecule has 0 aromatic heterocycles. The predicted molar refractivity (Wildman–Crippen MR) is 87.0 cm³/mol. The summed E-state index contributed by atoms with van der Waals surface area (Å²) in [5, 5.41) is 0. The molecule has 4 nitrogen and oxygen atoms in total. The Morgan fingerprint density at radius 3 is 2.76 bits per heavy atom. The molecule has 1 aromatic rings. The molecule has 1 saturated heterocycles. The van der Waals surface area contributed by atoms with E-state index in [2.05, 4.69) is 6.92 Å². The molecule has 1 fully saturated rings. The number of methoxy groups -OCH3 is 1. The minimum Gasteiger partial charge on any atom is -0.496 e. The van der Waals surface area contributed by atoms with E-state index in [-0.39, 0.29) is 18.3 Å². The first kappa shape index (κ1) is 17.8. The number of rotatable bonds is 4. The van der Waals surface area contributed by atoms with E-state index < -0.39 is 0 Å². The van der Waals surface area contributed by atoms with E-state index >= 15 is 0 Å². The Labute approximate surface area is 133 Å². The molecule has 21 heavy (non-hydrogen) atoms. The molecule has 1 amide bonds. The van der Waals surface area contributed by atoms with Crippen LogP contribution in [-0.4, -0.2) is 37.0 Å². The van der Waals surface area contributed by atoms with Crippen LogP contribution in [0.25, 0.3) is 0 Å². The molecule has 1 heterocycles. The highest BCUT2D eigenvalue weighted by Gasteiger charge is 2.31. The molecule has 5 heteroatoms. The average molecular weight is 313 g/mol. The lowest BCUT2D eigenvalue weighted by atomic mass is 10.1. The maximum atomic E-state index is 12.4. The Hall–Kier alpha value is -1.26. The minimum absolute atomic E-state index is 0. The van der Waals surface area contributed by atoms with Gasteiger partial charge in [0.05, 0.1) is 13.5 Å². The summed E-state index contributed by atoms with van der Waals surface area (Å²) in [5.41, 5.74) is 7.80. The molecular weight excluding hydrogens is 288 g/mol. The highest BCUT2D eigenvalue weighted by molar-refractivity contribution is 5.85. The van der Waals surface area contributed by atoms with Crippen molar-refractivity contribution in [2.75, 3.05) is 20.2 Å². The summed E-state index contributed by atoms with van der Waals surface area (Å²) in [6.45, 7) is 5.55. The maximum Gasteiger partial charge on any atom is 0.227 e. The number of amides is 1. The summed E-state index contributed by atoms with van der Waals surface area (Å²) in [7, 11) is 1.66. The van der Waals surface area contributed by atoms with Crippen LogP contribution in [0, 0.1) is 12.8 Å². The third-order valence-corrected chi connectivity index (χ3v) is 4.14. The first-order valence-corrected chi connectivity index (χ1v) is 7.18. The normalized spacial score (nSPS) is 21.0. The van der Waals surface area contributed by atoms with E-state index in [9.17, 15) is 4.79 Å².